The van der Waals surface area contributed by atoms with Gasteiger partial charge in [-0.2, -0.15) is 10.4 Å². The predicted molar refractivity (Wildman–Crippen MR) is 99.8 cm³/mol. The molecule has 1 fully saturated rings. The molecule has 0 bridgehead atoms. The molecule has 0 aliphatic heterocycles. The predicted octanol–water partition coefficient (Wildman–Crippen LogP) is 2.98. The van der Waals surface area contributed by atoms with Crippen LogP contribution in [0.3, 0.4) is 0 Å². The van der Waals surface area contributed by atoms with Gasteiger partial charge in [0.2, 0.25) is 0 Å². The van der Waals surface area contributed by atoms with Crippen LogP contribution in [-0.2, 0) is 19.4 Å². The van der Waals surface area contributed by atoms with Gasteiger partial charge in [-0.25, -0.2) is 0 Å². The summed E-state index contributed by atoms with van der Waals surface area (Å²) in [7, 11) is 0. The number of hydrogen-bond donors (Lipinski definition) is 2. The molecular weight excluding hydrogens is 326 g/mol. The minimum Gasteiger partial charge on any atom is -0.363 e. The largest absolute Gasteiger partial charge is 0.363 e. The van der Waals surface area contributed by atoms with E-state index < -0.39 is 0 Å². The highest BCUT2D eigenvalue weighted by Gasteiger charge is 2.23. The number of carbonyl (C=O) groups is 1. The maximum atomic E-state index is 12.0. The molecule has 0 atom stereocenters. The molecule has 2 N–H and O–H groups in total. The van der Waals surface area contributed by atoms with Crippen molar-refractivity contribution in [3.63, 3.8) is 0 Å². The molecule has 1 aromatic carbocycles. The van der Waals surface area contributed by atoms with Crippen molar-refractivity contribution >= 4 is 11.7 Å². The molecule has 2 aromatic rings. The molecule has 0 radical (unpaired) electrons. The molecule has 1 aliphatic rings. The van der Waals surface area contributed by atoms with Crippen LogP contribution in [0.25, 0.3) is 0 Å². The van der Waals surface area contributed by atoms with Crippen molar-refractivity contribution in [2.45, 2.75) is 52.1 Å². The number of nitrogens with one attached hydrogen (secondary N) is 2. The number of aryl methyl sites for hydroxylation is 1. The van der Waals surface area contributed by atoms with Crippen LogP contribution >= 0.6 is 0 Å². The third-order valence-corrected chi connectivity index (χ3v) is 4.55. The lowest BCUT2D eigenvalue weighted by Crippen LogP contribution is -2.25. The second-order valence-electron chi connectivity index (χ2n) is 6.47. The maximum absolute atomic E-state index is 12.0. The molecule has 1 heterocycles. The first-order chi connectivity index (χ1) is 12.7. The second kappa shape index (κ2) is 7.96. The van der Waals surface area contributed by atoms with Gasteiger partial charge in [0.1, 0.15) is 11.6 Å². The minimum atomic E-state index is -0.0209. The van der Waals surface area contributed by atoms with Crippen LogP contribution in [0.2, 0.25) is 0 Å². The van der Waals surface area contributed by atoms with Crippen molar-refractivity contribution in [2.24, 2.45) is 0 Å². The molecule has 0 saturated heterocycles. The van der Waals surface area contributed by atoms with Gasteiger partial charge < -0.3 is 10.6 Å². The lowest BCUT2D eigenvalue weighted by molar-refractivity contribution is 0.0951. The molecule has 1 saturated carbocycles. The fraction of sp³-hybridized carbons (Fsp3) is 0.400. The summed E-state index contributed by atoms with van der Waals surface area (Å²) in [6.45, 7) is 4.55. The Hall–Kier alpha value is -2.94. The number of benzene rings is 1. The van der Waals surface area contributed by atoms with Crippen LogP contribution in [0.15, 0.2) is 24.3 Å². The molecule has 6 heteroatoms. The van der Waals surface area contributed by atoms with Gasteiger partial charge in [0, 0.05) is 18.2 Å². The van der Waals surface area contributed by atoms with Crippen molar-refractivity contribution in [1.82, 2.24) is 15.5 Å². The van der Waals surface area contributed by atoms with E-state index >= 15 is 0 Å². The van der Waals surface area contributed by atoms with E-state index in [-0.39, 0.29) is 5.91 Å². The molecule has 3 rings (SSSR count). The zero-order valence-corrected chi connectivity index (χ0v) is 15.2. The van der Waals surface area contributed by atoms with Gasteiger partial charge in [0.15, 0.2) is 5.82 Å². The molecule has 6 nitrogen and oxygen atoms in total. The van der Waals surface area contributed by atoms with Gasteiger partial charge in [0.05, 0.1) is 5.69 Å². The molecule has 0 spiro atoms. The van der Waals surface area contributed by atoms with E-state index in [9.17, 15) is 10.1 Å². The quantitative estimate of drug-likeness (QED) is 0.802. The summed E-state index contributed by atoms with van der Waals surface area (Å²) in [5.74, 6) is 0.490. The van der Waals surface area contributed by atoms with Crippen LogP contribution in [0, 0.1) is 11.3 Å². The van der Waals surface area contributed by atoms with Crippen molar-refractivity contribution in [2.75, 3.05) is 5.32 Å². The highest BCUT2D eigenvalue weighted by atomic mass is 16.1. The topological polar surface area (TPSA) is 90.7 Å². The van der Waals surface area contributed by atoms with Gasteiger partial charge >= 0.3 is 0 Å². The van der Waals surface area contributed by atoms with Crippen molar-refractivity contribution < 1.29 is 4.79 Å². The summed E-state index contributed by atoms with van der Waals surface area (Å²) in [4.78, 5) is 12.0. The Morgan fingerprint density at radius 3 is 2.50 bits per heavy atom. The first-order valence-corrected chi connectivity index (χ1v) is 9.08. The Bertz CT molecular complexity index is 835. The molecule has 134 valence electrons. The van der Waals surface area contributed by atoms with Crippen LogP contribution in [0.1, 0.15) is 59.4 Å². The van der Waals surface area contributed by atoms with E-state index in [1.54, 1.807) is 0 Å². The zero-order valence-electron chi connectivity index (χ0n) is 15.2. The van der Waals surface area contributed by atoms with Gasteiger partial charge in [-0.15, -0.1) is 5.10 Å². The first-order valence-electron chi connectivity index (χ1n) is 9.08. The van der Waals surface area contributed by atoms with Crippen molar-refractivity contribution in [3.8, 4) is 6.07 Å². The Morgan fingerprint density at radius 2 is 1.92 bits per heavy atom. The van der Waals surface area contributed by atoms with Gasteiger partial charge in [-0.05, 0) is 48.9 Å². The van der Waals surface area contributed by atoms with Crippen molar-refractivity contribution in [1.29, 1.82) is 5.26 Å². The van der Waals surface area contributed by atoms with E-state index in [1.807, 2.05) is 38.1 Å². The number of nitriles is 1. The third-order valence-electron chi connectivity index (χ3n) is 4.55. The molecule has 1 amide bonds. The molecule has 1 aromatic heterocycles. The average molecular weight is 349 g/mol. The average Bonchev–Trinajstić information content (AvgIpc) is 3.49. The van der Waals surface area contributed by atoms with Gasteiger partial charge in [0.25, 0.3) is 5.91 Å². The Morgan fingerprint density at radius 1 is 1.19 bits per heavy atom. The number of nitrogens with zero attached hydrogens (tertiary/aromatic N) is 3. The van der Waals surface area contributed by atoms with E-state index in [1.165, 1.54) is 0 Å². The zero-order chi connectivity index (χ0) is 18.5. The Kier molecular flexibility index (Phi) is 5.47. The highest BCUT2D eigenvalue weighted by molar-refractivity contribution is 5.94. The van der Waals surface area contributed by atoms with E-state index in [0.29, 0.717) is 29.5 Å². The highest BCUT2D eigenvalue weighted by Crippen LogP contribution is 2.21. The Balaban J connectivity index is 1.69. The number of anilines is 1. The summed E-state index contributed by atoms with van der Waals surface area (Å²) in [6.07, 6.45) is 3.66. The van der Waals surface area contributed by atoms with Gasteiger partial charge in [-0.3, -0.25) is 4.79 Å². The van der Waals surface area contributed by atoms with Crippen LogP contribution in [0.5, 0.6) is 0 Å². The molecule has 1 aliphatic carbocycles. The lowest BCUT2D eigenvalue weighted by Gasteiger charge is -2.12. The summed E-state index contributed by atoms with van der Waals surface area (Å²) in [5, 5.41) is 24.1. The summed E-state index contributed by atoms with van der Waals surface area (Å²) in [5.41, 5.74) is 4.08. The summed E-state index contributed by atoms with van der Waals surface area (Å²) >= 11 is 0. The fourth-order valence-electron chi connectivity index (χ4n) is 2.87. The normalized spacial score (nSPS) is 13.1. The fourth-order valence-corrected chi connectivity index (χ4v) is 2.87. The summed E-state index contributed by atoms with van der Waals surface area (Å²) < 4.78 is 0. The maximum Gasteiger partial charge on any atom is 0.251 e. The van der Waals surface area contributed by atoms with E-state index in [0.717, 1.165) is 42.5 Å². The number of carbonyl (C=O) groups excluding carboxylic acids is 1. The monoisotopic (exact) mass is 349 g/mol. The Labute approximate surface area is 153 Å². The molecule has 26 heavy (non-hydrogen) atoms. The first kappa shape index (κ1) is 17.9. The van der Waals surface area contributed by atoms with E-state index in [4.69, 9.17) is 0 Å². The standard InChI is InChI=1S/C20H23N5O/c1-3-16-17(11-21)19(25-24-18(16)4-2)22-12-13-5-7-14(8-6-13)20(26)23-15-9-10-15/h5-8,15H,3-4,9-10,12H2,1-2H3,(H,22,25)(H,23,26). The third kappa shape index (κ3) is 3.99. The van der Waals surface area contributed by atoms with Gasteiger partial charge in [-0.1, -0.05) is 26.0 Å². The smallest absolute Gasteiger partial charge is 0.251 e. The van der Waals surface area contributed by atoms with Crippen molar-refractivity contribution in [3.05, 3.63) is 52.2 Å². The number of aromatic nitrogens is 2. The number of hydrogen-bond acceptors (Lipinski definition) is 5. The molecular formula is C20H23N5O. The second-order valence-corrected chi connectivity index (χ2v) is 6.47. The summed E-state index contributed by atoms with van der Waals surface area (Å²) in [6, 6.07) is 10.1. The van der Waals surface area contributed by atoms with Crippen LogP contribution in [-0.4, -0.2) is 22.1 Å². The lowest BCUT2D eigenvalue weighted by atomic mass is 10.0. The van der Waals surface area contributed by atoms with E-state index in [2.05, 4.69) is 26.9 Å². The van der Waals surface area contributed by atoms with Crippen LogP contribution < -0.4 is 10.6 Å². The number of rotatable bonds is 7. The minimum absolute atomic E-state index is 0.0209. The SMILES string of the molecule is CCc1nnc(NCc2ccc(C(=O)NC3CC3)cc2)c(C#N)c1CC. The molecule has 0 unspecified atom stereocenters. The van der Waals surface area contributed by atoms with Crippen LogP contribution in [0.4, 0.5) is 5.82 Å². The number of amides is 1.